The first kappa shape index (κ1) is 13.6. The molecule has 2 rings (SSSR count). The standard InChI is InChI=1S/C16H18FNO/c1-12-7-3-6-10-15(12)18(2)11-16(19)13-8-4-5-9-14(13)17/h3-10,16,19H,11H2,1-2H3. The van der Waals surface area contributed by atoms with Crippen LogP contribution in [0.4, 0.5) is 10.1 Å². The SMILES string of the molecule is Cc1ccccc1N(C)CC(O)c1ccccc1F. The summed E-state index contributed by atoms with van der Waals surface area (Å²) in [5, 5.41) is 10.1. The summed E-state index contributed by atoms with van der Waals surface area (Å²) in [7, 11) is 1.90. The summed E-state index contributed by atoms with van der Waals surface area (Å²) >= 11 is 0. The highest BCUT2D eigenvalue weighted by Crippen LogP contribution is 2.22. The first-order chi connectivity index (χ1) is 9.09. The summed E-state index contributed by atoms with van der Waals surface area (Å²) in [6, 6.07) is 14.3. The van der Waals surface area contributed by atoms with E-state index in [0.29, 0.717) is 12.1 Å². The molecule has 1 atom stereocenters. The maximum atomic E-state index is 13.6. The van der Waals surface area contributed by atoms with Crippen LogP contribution in [0, 0.1) is 12.7 Å². The van der Waals surface area contributed by atoms with Gasteiger partial charge in [0.25, 0.3) is 0 Å². The number of aliphatic hydroxyl groups excluding tert-OH is 1. The van der Waals surface area contributed by atoms with Crippen molar-refractivity contribution in [2.45, 2.75) is 13.0 Å². The minimum Gasteiger partial charge on any atom is -0.386 e. The number of hydrogen-bond donors (Lipinski definition) is 1. The van der Waals surface area contributed by atoms with Gasteiger partial charge in [-0.25, -0.2) is 4.39 Å². The molecule has 2 aromatic rings. The molecule has 3 heteroatoms. The molecule has 0 spiro atoms. The second kappa shape index (κ2) is 5.85. The number of benzene rings is 2. The fourth-order valence-electron chi connectivity index (χ4n) is 2.19. The maximum Gasteiger partial charge on any atom is 0.129 e. The molecule has 0 heterocycles. The monoisotopic (exact) mass is 259 g/mol. The van der Waals surface area contributed by atoms with Crippen LogP contribution in [-0.4, -0.2) is 18.7 Å². The minimum atomic E-state index is -0.842. The lowest BCUT2D eigenvalue weighted by Gasteiger charge is -2.24. The second-order valence-corrected chi connectivity index (χ2v) is 4.70. The van der Waals surface area contributed by atoms with E-state index in [2.05, 4.69) is 0 Å². The van der Waals surface area contributed by atoms with Gasteiger partial charge in [-0.05, 0) is 24.6 Å². The second-order valence-electron chi connectivity index (χ2n) is 4.70. The molecular weight excluding hydrogens is 241 g/mol. The van der Waals surface area contributed by atoms with Crippen LogP contribution in [0.15, 0.2) is 48.5 Å². The predicted octanol–water partition coefficient (Wildman–Crippen LogP) is 3.30. The van der Waals surface area contributed by atoms with E-state index < -0.39 is 6.10 Å². The first-order valence-corrected chi connectivity index (χ1v) is 6.29. The zero-order valence-corrected chi connectivity index (χ0v) is 11.2. The number of anilines is 1. The highest BCUT2D eigenvalue weighted by molar-refractivity contribution is 5.52. The van der Waals surface area contributed by atoms with E-state index in [1.165, 1.54) is 6.07 Å². The molecule has 2 nitrogen and oxygen atoms in total. The van der Waals surface area contributed by atoms with Gasteiger partial charge in [-0.3, -0.25) is 0 Å². The van der Waals surface area contributed by atoms with Crippen molar-refractivity contribution in [3.05, 3.63) is 65.5 Å². The Morgan fingerprint density at radius 1 is 1.11 bits per heavy atom. The molecule has 0 bridgehead atoms. The molecule has 100 valence electrons. The van der Waals surface area contributed by atoms with Gasteiger partial charge in [0.05, 0.1) is 6.10 Å². The van der Waals surface area contributed by atoms with E-state index in [4.69, 9.17) is 0 Å². The average Bonchev–Trinajstić information content (AvgIpc) is 2.39. The van der Waals surface area contributed by atoms with E-state index in [1.807, 2.05) is 43.1 Å². The molecule has 0 aromatic heterocycles. The number of aryl methyl sites for hydroxylation is 1. The highest BCUT2D eigenvalue weighted by atomic mass is 19.1. The van der Waals surface area contributed by atoms with Crippen molar-refractivity contribution < 1.29 is 9.50 Å². The van der Waals surface area contributed by atoms with Crippen molar-refractivity contribution in [3.63, 3.8) is 0 Å². The summed E-state index contributed by atoms with van der Waals surface area (Å²) in [6.07, 6.45) is -0.842. The topological polar surface area (TPSA) is 23.5 Å². The average molecular weight is 259 g/mol. The van der Waals surface area contributed by atoms with Crippen LogP contribution in [0.2, 0.25) is 0 Å². The van der Waals surface area contributed by atoms with Crippen molar-refractivity contribution in [2.24, 2.45) is 0 Å². The quantitative estimate of drug-likeness (QED) is 0.910. The van der Waals surface area contributed by atoms with Gasteiger partial charge in [0.2, 0.25) is 0 Å². The lowest BCUT2D eigenvalue weighted by molar-refractivity contribution is 0.180. The molecule has 1 unspecified atom stereocenters. The predicted molar refractivity (Wildman–Crippen MR) is 75.8 cm³/mol. The Morgan fingerprint density at radius 2 is 1.74 bits per heavy atom. The Bertz CT molecular complexity index is 506. The number of halogens is 1. The molecular formula is C16H18FNO. The van der Waals surface area contributed by atoms with Gasteiger partial charge in [0.1, 0.15) is 5.82 Å². The van der Waals surface area contributed by atoms with Gasteiger partial charge >= 0.3 is 0 Å². The number of hydrogen-bond acceptors (Lipinski definition) is 2. The normalized spacial score (nSPS) is 12.2. The Morgan fingerprint density at radius 3 is 2.42 bits per heavy atom. The first-order valence-electron chi connectivity index (χ1n) is 6.29. The maximum absolute atomic E-state index is 13.6. The van der Waals surface area contributed by atoms with Gasteiger partial charge in [0.15, 0.2) is 0 Å². The molecule has 0 amide bonds. The number of para-hydroxylation sites is 1. The van der Waals surface area contributed by atoms with Crippen LogP contribution >= 0.6 is 0 Å². The van der Waals surface area contributed by atoms with E-state index in [0.717, 1.165) is 11.3 Å². The van der Waals surface area contributed by atoms with Gasteiger partial charge in [-0.1, -0.05) is 36.4 Å². The van der Waals surface area contributed by atoms with Gasteiger partial charge in [-0.2, -0.15) is 0 Å². The van der Waals surface area contributed by atoms with Crippen LogP contribution in [0.25, 0.3) is 0 Å². The van der Waals surface area contributed by atoms with Crippen molar-refractivity contribution in [1.82, 2.24) is 0 Å². The summed E-state index contributed by atoms with van der Waals surface area (Å²) in [5.41, 5.74) is 2.51. The lowest BCUT2D eigenvalue weighted by Crippen LogP contribution is -2.25. The fourth-order valence-corrected chi connectivity index (χ4v) is 2.19. The number of nitrogens with zero attached hydrogens (tertiary/aromatic N) is 1. The molecule has 0 aliphatic heterocycles. The van der Waals surface area contributed by atoms with Crippen molar-refractivity contribution in [2.75, 3.05) is 18.5 Å². The summed E-state index contributed by atoms with van der Waals surface area (Å²) in [5.74, 6) is -0.367. The third-order valence-corrected chi connectivity index (χ3v) is 3.24. The molecule has 0 radical (unpaired) electrons. The number of likely N-dealkylation sites (N-methyl/N-ethyl adjacent to an activating group) is 1. The smallest absolute Gasteiger partial charge is 0.129 e. The molecule has 0 aliphatic rings. The molecule has 1 N–H and O–H groups in total. The van der Waals surface area contributed by atoms with Crippen molar-refractivity contribution >= 4 is 5.69 Å². The summed E-state index contributed by atoms with van der Waals surface area (Å²) in [4.78, 5) is 1.94. The van der Waals surface area contributed by atoms with Crippen LogP contribution < -0.4 is 4.90 Å². The molecule has 2 aromatic carbocycles. The third kappa shape index (κ3) is 3.12. The number of rotatable bonds is 4. The Kier molecular flexibility index (Phi) is 4.17. The van der Waals surface area contributed by atoms with Crippen LogP contribution in [0.3, 0.4) is 0 Å². The van der Waals surface area contributed by atoms with Crippen molar-refractivity contribution in [1.29, 1.82) is 0 Å². The fraction of sp³-hybridized carbons (Fsp3) is 0.250. The molecule has 0 saturated carbocycles. The van der Waals surface area contributed by atoms with Gasteiger partial charge in [0, 0.05) is 24.8 Å². The Hall–Kier alpha value is -1.87. The van der Waals surface area contributed by atoms with E-state index in [-0.39, 0.29) is 5.82 Å². The Labute approximate surface area is 113 Å². The van der Waals surface area contributed by atoms with Gasteiger partial charge < -0.3 is 10.0 Å². The van der Waals surface area contributed by atoms with E-state index >= 15 is 0 Å². The minimum absolute atomic E-state index is 0.336. The molecule has 0 saturated heterocycles. The lowest BCUT2D eigenvalue weighted by atomic mass is 10.1. The summed E-state index contributed by atoms with van der Waals surface area (Å²) in [6.45, 7) is 2.37. The molecule has 19 heavy (non-hydrogen) atoms. The zero-order valence-electron chi connectivity index (χ0n) is 11.2. The third-order valence-electron chi connectivity index (χ3n) is 3.24. The highest BCUT2D eigenvalue weighted by Gasteiger charge is 2.15. The molecule has 0 fully saturated rings. The van der Waals surface area contributed by atoms with E-state index in [1.54, 1.807) is 18.2 Å². The van der Waals surface area contributed by atoms with Crippen LogP contribution in [-0.2, 0) is 0 Å². The summed E-state index contributed by atoms with van der Waals surface area (Å²) < 4.78 is 13.6. The number of aliphatic hydroxyl groups is 1. The zero-order chi connectivity index (χ0) is 13.8. The van der Waals surface area contributed by atoms with Crippen LogP contribution in [0.5, 0.6) is 0 Å². The largest absolute Gasteiger partial charge is 0.386 e. The van der Waals surface area contributed by atoms with Crippen molar-refractivity contribution in [3.8, 4) is 0 Å². The molecule has 0 aliphatic carbocycles. The van der Waals surface area contributed by atoms with E-state index in [9.17, 15) is 9.50 Å². The van der Waals surface area contributed by atoms with Gasteiger partial charge in [-0.15, -0.1) is 0 Å². The Balaban J connectivity index is 2.13. The van der Waals surface area contributed by atoms with Crippen LogP contribution in [0.1, 0.15) is 17.2 Å².